The van der Waals surface area contributed by atoms with E-state index in [9.17, 15) is 14.4 Å². The van der Waals surface area contributed by atoms with E-state index in [1.807, 2.05) is 58.2 Å². The van der Waals surface area contributed by atoms with Crippen LogP contribution in [0.3, 0.4) is 0 Å². The lowest BCUT2D eigenvalue weighted by molar-refractivity contribution is -0.144. The smallest absolute Gasteiger partial charge is 0.277 e. The Hall–Kier alpha value is -4.01. The summed E-state index contributed by atoms with van der Waals surface area (Å²) in [5.41, 5.74) is 4.00. The number of nitrogens with one attached hydrogen (secondary N) is 1. The summed E-state index contributed by atoms with van der Waals surface area (Å²) in [6.45, 7) is 16.5. The maximum Gasteiger partial charge on any atom is 0.277 e. The van der Waals surface area contributed by atoms with Crippen molar-refractivity contribution in [2.75, 3.05) is 25.5 Å². The third kappa shape index (κ3) is 6.19. The Bertz CT molecular complexity index is 1460. The van der Waals surface area contributed by atoms with Crippen molar-refractivity contribution >= 4 is 23.4 Å². The van der Waals surface area contributed by atoms with Crippen molar-refractivity contribution in [2.45, 2.75) is 78.8 Å². The van der Waals surface area contributed by atoms with Gasteiger partial charge in [0.15, 0.2) is 5.69 Å². The molecule has 1 aliphatic rings. The van der Waals surface area contributed by atoms with Gasteiger partial charge in [-0.25, -0.2) is 0 Å². The van der Waals surface area contributed by atoms with Gasteiger partial charge in [-0.2, -0.15) is 5.10 Å². The fourth-order valence-corrected chi connectivity index (χ4v) is 5.04. The third-order valence-electron chi connectivity index (χ3n) is 7.68. The summed E-state index contributed by atoms with van der Waals surface area (Å²) >= 11 is 0. The zero-order valence-electron chi connectivity index (χ0n) is 25.7. The lowest BCUT2D eigenvalue weighted by atomic mass is 9.97. The minimum atomic E-state index is -1.03. The van der Waals surface area contributed by atoms with Crippen LogP contribution in [0, 0.1) is 6.92 Å². The van der Waals surface area contributed by atoms with Crippen LogP contribution in [0.5, 0.6) is 0 Å². The predicted octanol–water partition coefficient (Wildman–Crippen LogP) is 5.01. The van der Waals surface area contributed by atoms with Gasteiger partial charge in [-0.1, -0.05) is 38.1 Å². The van der Waals surface area contributed by atoms with Gasteiger partial charge in [0, 0.05) is 43.8 Å². The van der Waals surface area contributed by atoms with E-state index in [4.69, 9.17) is 0 Å². The summed E-state index contributed by atoms with van der Waals surface area (Å²) in [4.78, 5) is 47.7. The molecule has 1 N–H and O–H groups in total. The van der Waals surface area contributed by atoms with Crippen LogP contribution in [0.25, 0.3) is 11.1 Å². The highest BCUT2D eigenvalue weighted by molar-refractivity contribution is 6.05. The Morgan fingerprint density at radius 2 is 1.80 bits per heavy atom. The van der Waals surface area contributed by atoms with Gasteiger partial charge in [-0.3, -0.25) is 24.0 Å². The number of aromatic nitrogens is 3. The summed E-state index contributed by atoms with van der Waals surface area (Å²) < 4.78 is 1.68. The first-order valence-corrected chi connectivity index (χ1v) is 14.1. The van der Waals surface area contributed by atoms with Crippen molar-refractivity contribution in [3.63, 3.8) is 0 Å². The van der Waals surface area contributed by atoms with E-state index in [1.165, 1.54) is 0 Å². The number of hydrogen-bond donors (Lipinski definition) is 1. The monoisotopic (exact) mass is 558 g/mol. The van der Waals surface area contributed by atoms with Crippen LogP contribution >= 0.6 is 0 Å². The average Bonchev–Trinajstić information content (AvgIpc) is 3.32. The van der Waals surface area contributed by atoms with Crippen molar-refractivity contribution in [3.05, 3.63) is 65.2 Å². The molecule has 3 amide bonds. The zero-order valence-corrected chi connectivity index (χ0v) is 25.7. The number of piperazine rings is 1. The molecule has 4 rings (SSSR count). The standard InChI is InChI=1S/C32H42N6O3/c1-20(2)25-13-12-23(18-33-25)24-16-22(11-10-21(24)3)17-27(39)34-26-19-38(31(4,5)6)35-28(26)29(40)37-15-14-36(9)30(41)32(37,7)8/h10-13,16,18-20H,14-15,17H2,1-9H3,(H,34,39). The van der Waals surface area contributed by atoms with Crippen LogP contribution in [0.2, 0.25) is 0 Å². The van der Waals surface area contributed by atoms with Crippen molar-refractivity contribution in [1.29, 1.82) is 0 Å². The van der Waals surface area contributed by atoms with Crippen LogP contribution in [0.15, 0.2) is 42.7 Å². The normalized spacial score (nSPS) is 15.4. The van der Waals surface area contributed by atoms with Gasteiger partial charge < -0.3 is 15.1 Å². The molecule has 3 heterocycles. The topological polar surface area (TPSA) is 100 Å². The molecule has 2 aromatic heterocycles. The minimum Gasteiger partial charge on any atom is -0.342 e. The molecule has 1 fully saturated rings. The summed E-state index contributed by atoms with van der Waals surface area (Å²) in [5.74, 6) is -0.432. The molecule has 41 heavy (non-hydrogen) atoms. The molecular weight excluding hydrogens is 516 g/mol. The molecule has 1 aliphatic heterocycles. The van der Waals surface area contributed by atoms with Gasteiger partial charge in [0.2, 0.25) is 11.8 Å². The van der Waals surface area contributed by atoms with E-state index in [-0.39, 0.29) is 29.8 Å². The SMILES string of the molecule is Cc1ccc(CC(=O)Nc2cn(C(C)(C)C)nc2C(=O)N2CCN(C)C(=O)C2(C)C)cc1-c1ccc(C(C)C)nc1. The molecule has 0 unspecified atom stereocenters. The lowest BCUT2D eigenvalue weighted by Crippen LogP contribution is -2.63. The number of carbonyl (C=O) groups excluding carboxylic acids is 3. The molecule has 0 saturated carbocycles. The van der Waals surface area contributed by atoms with E-state index in [2.05, 4.69) is 35.3 Å². The first-order valence-electron chi connectivity index (χ1n) is 14.1. The van der Waals surface area contributed by atoms with Crippen molar-refractivity contribution in [3.8, 4) is 11.1 Å². The summed E-state index contributed by atoms with van der Waals surface area (Å²) in [7, 11) is 1.74. The van der Waals surface area contributed by atoms with E-state index in [0.717, 1.165) is 27.9 Å². The first kappa shape index (κ1) is 30.0. The third-order valence-corrected chi connectivity index (χ3v) is 7.68. The van der Waals surface area contributed by atoms with Gasteiger partial charge in [0.25, 0.3) is 5.91 Å². The van der Waals surface area contributed by atoms with Gasteiger partial charge in [-0.15, -0.1) is 0 Å². The molecule has 1 saturated heterocycles. The van der Waals surface area contributed by atoms with Gasteiger partial charge >= 0.3 is 0 Å². The minimum absolute atomic E-state index is 0.123. The molecule has 1 aromatic carbocycles. The quantitative estimate of drug-likeness (QED) is 0.459. The van der Waals surface area contributed by atoms with Crippen molar-refractivity contribution < 1.29 is 14.4 Å². The Morgan fingerprint density at radius 3 is 2.41 bits per heavy atom. The molecule has 3 aromatic rings. The molecule has 9 heteroatoms. The summed E-state index contributed by atoms with van der Waals surface area (Å²) in [5, 5.41) is 7.53. The van der Waals surface area contributed by atoms with Gasteiger partial charge in [-0.05, 0) is 70.2 Å². The van der Waals surface area contributed by atoms with E-state index >= 15 is 0 Å². The Labute approximate surface area is 242 Å². The number of likely N-dealkylation sites (N-methyl/N-ethyl adjacent to an activating group) is 1. The number of carbonyl (C=O) groups is 3. The second-order valence-corrected chi connectivity index (χ2v) is 12.7. The second kappa shape index (κ2) is 11.1. The van der Waals surface area contributed by atoms with Crippen molar-refractivity contribution in [2.24, 2.45) is 0 Å². The predicted molar refractivity (Wildman–Crippen MR) is 161 cm³/mol. The first-order chi connectivity index (χ1) is 19.1. The van der Waals surface area contributed by atoms with E-state index in [1.54, 1.807) is 41.6 Å². The van der Waals surface area contributed by atoms with Crippen LogP contribution in [0.4, 0.5) is 5.69 Å². The number of nitrogens with zero attached hydrogens (tertiary/aromatic N) is 5. The summed E-state index contributed by atoms with van der Waals surface area (Å²) in [6, 6.07) is 10.1. The molecule has 218 valence electrons. The number of aryl methyl sites for hydroxylation is 1. The number of hydrogen-bond acceptors (Lipinski definition) is 5. The number of pyridine rings is 1. The largest absolute Gasteiger partial charge is 0.342 e. The summed E-state index contributed by atoms with van der Waals surface area (Å²) in [6.07, 6.45) is 3.70. The highest BCUT2D eigenvalue weighted by Crippen LogP contribution is 2.29. The van der Waals surface area contributed by atoms with Crippen LogP contribution in [0.1, 0.15) is 81.7 Å². The highest BCUT2D eigenvalue weighted by Gasteiger charge is 2.44. The van der Waals surface area contributed by atoms with Gasteiger partial charge in [0.1, 0.15) is 5.54 Å². The van der Waals surface area contributed by atoms with Crippen LogP contribution < -0.4 is 5.32 Å². The number of amides is 3. The maximum absolute atomic E-state index is 13.8. The Kier molecular flexibility index (Phi) is 8.11. The van der Waals surface area contributed by atoms with Crippen LogP contribution in [-0.4, -0.2) is 68.0 Å². The van der Waals surface area contributed by atoms with E-state index < -0.39 is 11.1 Å². The molecule has 9 nitrogen and oxygen atoms in total. The lowest BCUT2D eigenvalue weighted by Gasteiger charge is -2.44. The Morgan fingerprint density at radius 1 is 1.10 bits per heavy atom. The maximum atomic E-state index is 13.8. The number of rotatable bonds is 6. The highest BCUT2D eigenvalue weighted by atomic mass is 16.2. The molecule has 0 spiro atoms. The molecule has 0 bridgehead atoms. The molecule has 0 aliphatic carbocycles. The fourth-order valence-electron chi connectivity index (χ4n) is 5.04. The average molecular weight is 559 g/mol. The fraction of sp³-hybridized carbons (Fsp3) is 0.469. The molecular formula is C32H42N6O3. The number of anilines is 1. The molecule has 0 atom stereocenters. The zero-order chi connectivity index (χ0) is 30.3. The Balaban J connectivity index is 1.59. The van der Waals surface area contributed by atoms with E-state index in [0.29, 0.717) is 24.7 Å². The van der Waals surface area contributed by atoms with Crippen molar-refractivity contribution in [1.82, 2.24) is 24.6 Å². The number of benzene rings is 1. The second-order valence-electron chi connectivity index (χ2n) is 12.7. The van der Waals surface area contributed by atoms with Crippen LogP contribution in [-0.2, 0) is 21.5 Å². The molecule has 0 radical (unpaired) electrons. The van der Waals surface area contributed by atoms with Gasteiger partial charge in [0.05, 0.1) is 17.6 Å².